The van der Waals surface area contributed by atoms with Crippen molar-refractivity contribution in [3.8, 4) is 0 Å². The molecule has 0 bridgehead atoms. The fourth-order valence-electron chi connectivity index (χ4n) is 0. The maximum Gasteiger partial charge on any atom is 0 e. The van der Waals surface area contributed by atoms with Gasteiger partial charge in [-0.2, -0.15) is 0 Å². The molecule has 0 N–H and O–H groups in total. The molecule has 4 heavy (non-hydrogen) atoms. The second-order valence-electron chi connectivity index (χ2n) is 0.707. The van der Waals surface area contributed by atoms with E-state index in [0.717, 1.165) is 0 Å². The van der Waals surface area contributed by atoms with Crippen LogP contribution < -0.4 is 0 Å². The molecule has 0 atom stereocenters. The van der Waals surface area contributed by atoms with Crippen molar-refractivity contribution in [2.45, 2.75) is 20.3 Å². The van der Waals surface area contributed by atoms with E-state index >= 15 is 0 Å². The summed E-state index contributed by atoms with van der Waals surface area (Å²) in [6.07, 6.45) is 1.25. The van der Waals surface area contributed by atoms with E-state index in [0.29, 0.717) is 0 Å². The molecule has 0 heterocycles. The van der Waals surface area contributed by atoms with E-state index < -0.39 is 0 Å². The van der Waals surface area contributed by atoms with Crippen LogP contribution in [0.3, 0.4) is 0 Å². The Balaban J connectivity index is 0. The van der Waals surface area contributed by atoms with Crippen LogP contribution in [0, 0.1) is 40.8 Å². The Labute approximate surface area is 60.5 Å². The molecule has 0 aliphatic heterocycles. The second kappa shape index (κ2) is 8.84. The Bertz CT molecular complexity index is 3.25. The first kappa shape index (κ1) is 9.02. The van der Waals surface area contributed by atoms with Crippen LogP contribution in [-0.4, -0.2) is 0 Å². The molecule has 0 amide bonds. The minimum absolute atomic E-state index is 0. The first-order chi connectivity index (χ1) is 1.41. The molecular weight excluding hydrogens is 180 g/mol. The molecule has 0 saturated carbocycles. The van der Waals surface area contributed by atoms with Gasteiger partial charge in [0.2, 0.25) is 0 Å². The summed E-state index contributed by atoms with van der Waals surface area (Å²) in [5.41, 5.74) is 0. The van der Waals surface area contributed by atoms with Crippen LogP contribution in [0.15, 0.2) is 0 Å². The molecule has 0 radical (unpaired) electrons. The molecule has 0 aromatic carbocycles. The fourth-order valence-corrected chi connectivity index (χ4v) is 0. The zero-order chi connectivity index (χ0) is 2.71. The number of hydrogen-bond acceptors (Lipinski definition) is 0. The summed E-state index contributed by atoms with van der Waals surface area (Å²) < 4.78 is 0. The van der Waals surface area contributed by atoms with Gasteiger partial charge in [0, 0.05) is 40.8 Å². The van der Waals surface area contributed by atoms with Crippen molar-refractivity contribution < 1.29 is 40.8 Å². The van der Waals surface area contributed by atoms with Crippen LogP contribution in [0.2, 0.25) is 0 Å². The van der Waals surface area contributed by atoms with Crippen molar-refractivity contribution in [2.75, 3.05) is 0 Å². The molecule has 0 aliphatic rings. The Morgan fingerprint density at radius 3 is 1.25 bits per heavy atom. The van der Waals surface area contributed by atoms with Crippen LogP contribution in [-0.2, 0) is 0 Å². The Morgan fingerprint density at radius 1 is 1.25 bits per heavy atom. The van der Waals surface area contributed by atoms with Crippen LogP contribution in [0.4, 0.5) is 0 Å². The molecular formula is C3H8Nd. The smallest absolute Gasteiger partial charge is 0 e. The van der Waals surface area contributed by atoms with Gasteiger partial charge >= 0.3 is 0 Å². The van der Waals surface area contributed by atoms with Gasteiger partial charge < -0.3 is 0 Å². The summed E-state index contributed by atoms with van der Waals surface area (Å²) in [5, 5.41) is 0. The molecule has 0 aliphatic carbocycles. The summed E-state index contributed by atoms with van der Waals surface area (Å²) in [6.45, 7) is 4.25. The maximum absolute atomic E-state index is 2.12. The topological polar surface area (TPSA) is 0 Å². The summed E-state index contributed by atoms with van der Waals surface area (Å²) in [7, 11) is 0. The summed E-state index contributed by atoms with van der Waals surface area (Å²) in [6, 6.07) is 0. The monoisotopic (exact) mass is 186 g/mol. The van der Waals surface area contributed by atoms with E-state index in [-0.39, 0.29) is 40.8 Å². The van der Waals surface area contributed by atoms with E-state index in [9.17, 15) is 0 Å². The van der Waals surface area contributed by atoms with Crippen molar-refractivity contribution >= 4 is 0 Å². The zero-order valence-electron chi connectivity index (χ0n) is 3.21. The largest absolute Gasteiger partial charge is 0.0656 e. The van der Waals surface area contributed by atoms with E-state index in [1.54, 1.807) is 0 Å². The zero-order valence-corrected chi connectivity index (χ0v) is 6.42. The standard InChI is InChI=1S/C3H8.Nd/c1-3-2;/h3H2,1-2H3;. The second-order valence-corrected chi connectivity index (χ2v) is 0.707. The normalized spacial score (nSPS) is 4.50. The Morgan fingerprint density at radius 2 is 1.25 bits per heavy atom. The molecule has 1 heteroatoms. The van der Waals surface area contributed by atoms with Crippen LogP contribution in [0.1, 0.15) is 20.3 Å². The predicted octanol–water partition coefficient (Wildman–Crippen LogP) is 1.42. The first-order valence-electron chi connectivity index (χ1n) is 1.41. The van der Waals surface area contributed by atoms with E-state index in [2.05, 4.69) is 13.8 Å². The number of hydrogen-bond donors (Lipinski definition) is 0. The summed E-state index contributed by atoms with van der Waals surface area (Å²) >= 11 is 0. The third-order valence-corrected chi connectivity index (χ3v) is 0. The van der Waals surface area contributed by atoms with Gasteiger partial charge in [-0.25, -0.2) is 0 Å². The van der Waals surface area contributed by atoms with Crippen molar-refractivity contribution in [2.24, 2.45) is 0 Å². The van der Waals surface area contributed by atoms with Crippen molar-refractivity contribution in [1.29, 1.82) is 0 Å². The molecule has 0 unspecified atom stereocenters. The minimum Gasteiger partial charge on any atom is -0.0656 e. The van der Waals surface area contributed by atoms with Gasteiger partial charge in [-0.05, 0) is 0 Å². The van der Waals surface area contributed by atoms with Crippen LogP contribution in [0.5, 0.6) is 0 Å². The average molecular weight is 188 g/mol. The van der Waals surface area contributed by atoms with Crippen LogP contribution in [0.25, 0.3) is 0 Å². The van der Waals surface area contributed by atoms with Gasteiger partial charge in [0.15, 0.2) is 0 Å². The molecule has 24 valence electrons. The SMILES string of the molecule is CCC.[Nd]. The Hall–Kier alpha value is 1.35. The molecule has 0 fully saturated rings. The van der Waals surface area contributed by atoms with Crippen molar-refractivity contribution in [3.63, 3.8) is 0 Å². The molecule has 0 spiro atoms. The summed E-state index contributed by atoms with van der Waals surface area (Å²) in [5.74, 6) is 0. The fraction of sp³-hybridized carbons (Fsp3) is 1.00. The van der Waals surface area contributed by atoms with E-state index in [4.69, 9.17) is 0 Å². The van der Waals surface area contributed by atoms with Gasteiger partial charge in [-0.1, -0.05) is 20.3 Å². The average Bonchev–Trinajstić information content (AvgIpc) is 0.918. The van der Waals surface area contributed by atoms with Gasteiger partial charge in [0.1, 0.15) is 0 Å². The molecule has 0 saturated heterocycles. The van der Waals surface area contributed by atoms with Gasteiger partial charge in [-0.15, -0.1) is 0 Å². The molecule has 0 aromatic heterocycles. The maximum atomic E-state index is 2.12. The Kier molecular flexibility index (Phi) is 19.9. The third kappa shape index (κ3) is 10.1. The predicted molar refractivity (Wildman–Crippen MR) is 16.0 cm³/mol. The van der Waals surface area contributed by atoms with Crippen molar-refractivity contribution in [1.82, 2.24) is 0 Å². The van der Waals surface area contributed by atoms with Crippen LogP contribution >= 0.6 is 0 Å². The van der Waals surface area contributed by atoms with E-state index in [1.807, 2.05) is 0 Å². The quantitative estimate of drug-likeness (QED) is 0.539. The molecule has 0 rings (SSSR count). The molecule has 0 aromatic rings. The van der Waals surface area contributed by atoms with Crippen molar-refractivity contribution in [3.05, 3.63) is 0 Å². The van der Waals surface area contributed by atoms with Gasteiger partial charge in [0.25, 0.3) is 0 Å². The number of rotatable bonds is 0. The molecule has 0 nitrogen and oxygen atoms in total. The first-order valence-corrected chi connectivity index (χ1v) is 1.41. The minimum atomic E-state index is 0. The third-order valence-electron chi connectivity index (χ3n) is 0. The van der Waals surface area contributed by atoms with Gasteiger partial charge in [0.05, 0.1) is 0 Å². The van der Waals surface area contributed by atoms with Gasteiger partial charge in [-0.3, -0.25) is 0 Å². The van der Waals surface area contributed by atoms with E-state index in [1.165, 1.54) is 6.42 Å². The summed E-state index contributed by atoms with van der Waals surface area (Å²) in [4.78, 5) is 0.